The number of carbonyl (C=O) groups excluding carboxylic acids is 1. The Kier molecular flexibility index (Phi) is 10.6. The van der Waals surface area contributed by atoms with Crippen molar-refractivity contribution < 1.29 is 29.7 Å². The SMILES string of the molecule is CCC1=C(C)C(Cc2[nH]c(Cc3[nH]c(C[C@H]4N[C@@H](O)[C@H](C)[C@H]4[C@@H](C)S)c(C)c3CCC(=O)O)c(CCC(=O)O)c2C)=NC1=O. The number of allylic oxidation sites excluding steroid dienone is 1. The van der Waals surface area contributed by atoms with Crippen LogP contribution in [0.3, 0.4) is 0 Å². The number of aromatic nitrogens is 2. The van der Waals surface area contributed by atoms with Crippen molar-refractivity contribution in [2.75, 3.05) is 0 Å². The van der Waals surface area contributed by atoms with E-state index in [9.17, 15) is 29.7 Å². The average molecular weight is 627 g/mol. The van der Waals surface area contributed by atoms with Crippen LogP contribution in [0.5, 0.6) is 0 Å². The fourth-order valence-corrected chi connectivity index (χ4v) is 7.61. The van der Waals surface area contributed by atoms with Gasteiger partial charge in [0.25, 0.3) is 5.91 Å². The van der Waals surface area contributed by atoms with Gasteiger partial charge in [0.1, 0.15) is 6.23 Å². The molecule has 0 saturated carbocycles. The molecular weight excluding hydrogens is 580 g/mol. The highest BCUT2D eigenvalue weighted by Gasteiger charge is 2.41. The van der Waals surface area contributed by atoms with Gasteiger partial charge in [-0.25, -0.2) is 4.99 Å². The van der Waals surface area contributed by atoms with Crippen molar-refractivity contribution in [3.05, 3.63) is 56.2 Å². The normalized spacial score (nSPS) is 22.6. The number of amides is 1. The van der Waals surface area contributed by atoms with Gasteiger partial charge in [0.2, 0.25) is 0 Å². The second-order valence-corrected chi connectivity index (χ2v) is 13.2. The first-order valence-corrected chi connectivity index (χ1v) is 16.0. The Morgan fingerprint density at radius 2 is 1.48 bits per heavy atom. The number of H-pyrrole nitrogens is 2. The second kappa shape index (κ2) is 13.9. The smallest absolute Gasteiger partial charge is 0.303 e. The summed E-state index contributed by atoms with van der Waals surface area (Å²) >= 11 is 4.71. The zero-order chi connectivity index (χ0) is 32.5. The number of rotatable bonds is 14. The predicted octanol–water partition coefficient (Wildman–Crippen LogP) is 4.24. The molecule has 6 N–H and O–H groups in total. The van der Waals surface area contributed by atoms with Crippen LogP contribution in [-0.2, 0) is 46.5 Å². The highest BCUT2D eigenvalue weighted by molar-refractivity contribution is 7.80. The van der Waals surface area contributed by atoms with Crippen LogP contribution >= 0.6 is 12.6 Å². The molecule has 0 spiro atoms. The number of aliphatic hydroxyl groups excluding tert-OH is 1. The van der Waals surface area contributed by atoms with Gasteiger partial charge in [0.15, 0.2) is 0 Å². The Hall–Kier alpha value is -3.15. The summed E-state index contributed by atoms with van der Waals surface area (Å²) < 4.78 is 0. The molecule has 0 bridgehead atoms. The molecule has 1 fully saturated rings. The summed E-state index contributed by atoms with van der Waals surface area (Å²) in [6, 6.07) is -0.00492. The lowest BCUT2D eigenvalue weighted by atomic mass is 9.86. The highest BCUT2D eigenvalue weighted by atomic mass is 32.1. The van der Waals surface area contributed by atoms with Crippen molar-refractivity contribution in [1.82, 2.24) is 15.3 Å². The number of carboxylic acids is 2. The number of aliphatic hydroxyl groups is 1. The summed E-state index contributed by atoms with van der Waals surface area (Å²) in [5, 5.41) is 32.9. The van der Waals surface area contributed by atoms with Crippen LogP contribution in [-0.4, -0.2) is 66.4 Å². The quantitative estimate of drug-likeness (QED) is 0.154. The molecule has 1 saturated heterocycles. The molecule has 2 aliphatic rings. The van der Waals surface area contributed by atoms with Gasteiger partial charge in [0, 0.05) is 77.7 Å². The van der Waals surface area contributed by atoms with Gasteiger partial charge in [-0.3, -0.25) is 19.7 Å². The molecule has 240 valence electrons. The molecule has 0 aliphatic carbocycles. The number of aliphatic imine (C=N–C) groups is 1. The number of hydrogen-bond acceptors (Lipinski definition) is 6. The van der Waals surface area contributed by atoms with Crippen LogP contribution in [0.25, 0.3) is 0 Å². The third kappa shape index (κ3) is 7.05. The summed E-state index contributed by atoms with van der Waals surface area (Å²) in [5.41, 5.74) is 9.80. The number of nitrogens with zero attached hydrogens (tertiary/aromatic N) is 1. The molecule has 44 heavy (non-hydrogen) atoms. The number of nitrogens with one attached hydrogen (secondary N) is 3. The maximum atomic E-state index is 12.4. The first kappa shape index (κ1) is 33.7. The van der Waals surface area contributed by atoms with E-state index in [4.69, 9.17) is 12.6 Å². The first-order chi connectivity index (χ1) is 20.7. The van der Waals surface area contributed by atoms with Crippen molar-refractivity contribution in [2.45, 2.75) is 110 Å². The van der Waals surface area contributed by atoms with Gasteiger partial charge >= 0.3 is 11.9 Å². The van der Waals surface area contributed by atoms with Crippen LogP contribution in [0.1, 0.15) is 92.0 Å². The zero-order valence-corrected chi connectivity index (χ0v) is 27.4. The van der Waals surface area contributed by atoms with Crippen molar-refractivity contribution in [3.8, 4) is 0 Å². The lowest BCUT2D eigenvalue weighted by Crippen LogP contribution is -2.35. The molecule has 0 unspecified atom stereocenters. The summed E-state index contributed by atoms with van der Waals surface area (Å²) in [4.78, 5) is 47.0. The van der Waals surface area contributed by atoms with Crippen molar-refractivity contribution in [1.29, 1.82) is 0 Å². The number of thiol groups is 1. The van der Waals surface area contributed by atoms with Gasteiger partial charge in [-0.05, 0) is 73.8 Å². The molecule has 2 aliphatic heterocycles. The van der Waals surface area contributed by atoms with E-state index in [2.05, 4.69) is 20.3 Å². The van der Waals surface area contributed by atoms with Crippen molar-refractivity contribution >= 4 is 36.2 Å². The molecule has 2 aromatic heterocycles. The number of carboxylic acid groups (broad SMARTS) is 2. The van der Waals surface area contributed by atoms with Gasteiger partial charge in [-0.15, -0.1) is 0 Å². The van der Waals surface area contributed by atoms with Crippen molar-refractivity contribution in [2.24, 2.45) is 16.8 Å². The Morgan fingerprint density at radius 3 is 1.98 bits per heavy atom. The lowest BCUT2D eigenvalue weighted by Gasteiger charge is -2.25. The summed E-state index contributed by atoms with van der Waals surface area (Å²) in [6.45, 7) is 11.9. The minimum absolute atomic E-state index is 0.00492. The van der Waals surface area contributed by atoms with E-state index < -0.39 is 18.2 Å². The van der Waals surface area contributed by atoms with Gasteiger partial charge < -0.3 is 25.3 Å². The Labute approximate surface area is 264 Å². The monoisotopic (exact) mass is 626 g/mol. The van der Waals surface area contributed by atoms with E-state index in [-0.39, 0.29) is 41.9 Å². The van der Waals surface area contributed by atoms with E-state index in [0.717, 1.165) is 61.9 Å². The fraction of sp³-hybridized carbons (Fsp3) is 0.576. The predicted molar refractivity (Wildman–Crippen MR) is 173 cm³/mol. The minimum atomic E-state index is -0.885. The largest absolute Gasteiger partial charge is 0.481 e. The average Bonchev–Trinajstić information content (AvgIpc) is 3.59. The standard InChI is InChI=1S/C33H46N4O6S/c1-7-20-15(2)25(36-33(20)43)12-23-16(3)21(8-10-29(38)39)26(34-23)14-27-22(9-11-30(40)41)17(4)24(35-27)13-28-31(19(6)44)18(5)32(42)37-28/h18-19,28,31-32,34-35,37,42,44H,7-14H2,1-6H3,(H,38,39)(H,40,41)/t18-,19-,28-,31+,32+/m1/s1. The Morgan fingerprint density at radius 1 is 0.932 bits per heavy atom. The Bertz CT molecular complexity index is 1500. The molecule has 1 amide bonds. The topological polar surface area (TPSA) is 168 Å². The van der Waals surface area contributed by atoms with E-state index in [0.29, 0.717) is 38.5 Å². The van der Waals surface area contributed by atoms with Crippen LogP contribution in [0.2, 0.25) is 0 Å². The second-order valence-electron chi connectivity index (χ2n) is 12.4. The lowest BCUT2D eigenvalue weighted by molar-refractivity contribution is -0.138. The molecular formula is C33H46N4O6S. The van der Waals surface area contributed by atoms with E-state index in [1.807, 2.05) is 41.5 Å². The molecule has 11 heteroatoms. The van der Waals surface area contributed by atoms with Gasteiger partial charge in [-0.1, -0.05) is 20.8 Å². The zero-order valence-electron chi connectivity index (χ0n) is 26.5. The van der Waals surface area contributed by atoms with Crippen molar-refractivity contribution in [3.63, 3.8) is 0 Å². The summed E-state index contributed by atoms with van der Waals surface area (Å²) in [7, 11) is 0. The summed E-state index contributed by atoms with van der Waals surface area (Å²) in [5.74, 6) is -1.77. The molecule has 4 heterocycles. The maximum Gasteiger partial charge on any atom is 0.303 e. The number of carbonyl (C=O) groups is 3. The van der Waals surface area contributed by atoms with Gasteiger partial charge in [0.05, 0.1) is 5.71 Å². The molecule has 10 nitrogen and oxygen atoms in total. The van der Waals surface area contributed by atoms with Crippen LogP contribution in [0, 0.1) is 25.7 Å². The molecule has 0 radical (unpaired) electrons. The molecule has 5 atom stereocenters. The Balaban J connectivity index is 1.71. The molecule has 0 aromatic carbocycles. The summed E-state index contributed by atoms with van der Waals surface area (Å²) in [6.07, 6.45) is 2.16. The van der Waals surface area contributed by atoms with Crippen LogP contribution < -0.4 is 5.32 Å². The minimum Gasteiger partial charge on any atom is -0.481 e. The first-order valence-electron chi connectivity index (χ1n) is 15.5. The van der Waals surface area contributed by atoms with E-state index in [1.165, 1.54) is 0 Å². The molecule has 4 rings (SSSR count). The van der Waals surface area contributed by atoms with Crippen LogP contribution in [0.15, 0.2) is 16.1 Å². The maximum absolute atomic E-state index is 12.4. The number of aliphatic carboxylic acids is 2. The molecule has 2 aromatic rings. The van der Waals surface area contributed by atoms with E-state index in [1.54, 1.807) is 0 Å². The third-order valence-corrected chi connectivity index (χ3v) is 10.0. The van der Waals surface area contributed by atoms with Gasteiger partial charge in [-0.2, -0.15) is 12.6 Å². The fourth-order valence-electron chi connectivity index (χ4n) is 7.13. The number of aromatic amines is 2. The number of hydrogen-bond donors (Lipinski definition) is 7. The highest BCUT2D eigenvalue weighted by Crippen LogP contribution is 2.35. The third-order valence-electron chi connectivity index (χ3n) is 9.69. The van der Waals surface area contributed by atoms with Crippen LogP contribution in [0.4, 0.5) is 0 Å². The van der Waals surface area contributed by atoms with E-state index >= 15 is 0 Å².